The third-order valence-corrected chi connectivity index (χ3v) is 5.72. The maximum Gasteiger partial charge on any atom is 0.0456 e. The van der Waals surface area contributed by atoms with E-state index in [2.05, 4.69) is 101 Å². The number of hydrogen-bond acceptors (Lipinski definition) is 1. The average molecular weight is 344 g/mol. The molecule has 0 amide bonds. The predicted octanol–water partition coefficient (Wildman–Crippen LogP) is 6.84. The standard InChI is InChI=1S/C25H29N/c1-24(2,3)16-17-11-13-21-20(15-17)25(4,5)23-19-10-8-7-9-18(19)12-14-22(23)26(21)6/h7-15H,16H2,1-6H3. The lowest BCUT2D eigenvalue weighted by atomic mass is 9.71. The molecule has 0 radical (unpaired) electrons. The molecule has 0 aliphatic carbocycles. The van der Waals surface area contributed by atoms with Crippen molar-refractivity contribution in [1.82, 2.24) is 0 Å². The summed E-state index contributed by atoms with van der Waals surface area (Å²) in [7, 11) is 2.20. The van der Waals surface area contributed by atoms with Crippen molar-refractivity contribution in [3.05, 3.63) is 71.3 Å². The summed E-state index contributed by atoms with van der Waals surface area (Å²) >= 11 is 0. The first-order chi connectivity index (χ1) is 12.2. The number of anilines is 2. The molecule has 0 unspecified atom stereocenters. The summed E-state index contributed by atoms with van der Waals surface area (Å²) in [6.07, 6.45) is 1.10. The van der Waals surface area contributed by atoms with Crippen LogP contribution in [0.2, 0.25) is 0 Å². The van der Waals surface area contributed by atoms with Gasteiger partial charge in [-0.05, 0) is 51.4 Å². The van der Waals surface area contributed by atoms with Gasteiger partial charge in [0, 0.05) is 23.8 Å². The Bertz CT molecular complexity index is 989. The smallest absolute Gasteiger partial charge is 0.0456 e. The molecule has 1 heteroatoms. The molecule has 0 spiro atoms. The van der Waals surface area contributed by atoms with Gasteiger partial charge in [-0.2, -0.15) is 0 Å². The van der Waals surface area contributed by atoms with Gasteiger partial charge in [-0.15, -0.1) is 0 Å². The van der Waals surface area contributed by atoms with Crippen molar-refractivity contribution in [2.45, 2.75) is 46.5 Å². The summed E-state index contributed by atoms with van der Waals surface area (Å²) in [5.41, 5.74) is 7.24. The van der Waals surface area contributed by atoms with Crippen molar-refractivity contribution < 1.29 is 0 Å². The largest absolute Gasteiger partial charge is 0.344 e. The summed E-state index contributed by atoms with van der Waals surface area (Å²) in [5, 5.41) is 2.69. The molecule has 1 heterocycles. The van der Waals surface area contributed by atoms with E-state index >= 15 is 0 Å². The minimum absolute atomic E-state index is 0.0219. The Kier molecular flexibility index (Phi) is 3.70. The predicted molar refractivity (Wildman–Crippen MR) is 114 cm³/mol. The first kappa shape index (κ1) is 17.1. The molecule has 1 nitrogen and oxygen atoms in total. The van der Waals surface area contributed by atoms with Crippen molar-refractivity contribution >= 4 is 22.1 Å². The SMILES string of the molecule is CN1c2ccc(CC(C)(C)C)cc2C(C)(C)c2c1ccc1ccccc21. The highest BCUT2D eigenvalue weighted by Crippen LogP contribution is 2.51. The van der Waals surface area contributed by atoms with Crippen molar-refractivity contribution in [1.29, 1.82) is 0 Å². The summed E-state index contributed by atoms with van der Waals surface area (Å²) in [6.45, 7) is 11.7. The molecule has 0 saturated carbocycles. The van der Waals surface area contributed by atoms with Crippen LogP contribution in [0.4, 0.5) is 11.4 Å². The summed E-state index contributed by atoms with van der Waals surface area (Å²) in [4.78, 5) is 2.36. The average Bonchev–Trinajstić information content (AvgIpc) is 2.57. The van der Waals surface area contributed by atoms with E-state index < -0.39 is 0 Å². The van der Waals surface area contributed by atoms with Crippen molar-refractivity contribution in [2.75, 3.05) is 11.9 Å². The van der Waals surface area contributed by atoms with E-state index in [1.54, 1.807) is 0 Å². The van der Waals surface area contributed by atoms with E-state index in [0.29, 0.717) is 5.41 Å². The Morgan fingerprint density at radius 1 is 0.885 bits per heavy atom. The van der Waals surface area contributed by atoms with Gasteiger partial charge in [0.2, 0.25) is 0 Å². The first-order valence-corrected chi connectivity index (χ1v) is 9.58. The van der Waals surface area contributed by atoms with Gasteiger partial charge in [-0.3, -0.25) is 0 Å². The minimum atomic E-state index is -0.0219. The Balaban J connectivity index is 1.96. The molecule has 0 fully saturated rings. The fourth-order valence-electron chi connectivity index (χ4n) is 4.56. The van der Waals surface area contributed by atoms with Crippen LogP contribution in [-0.2, 0) is 11.8 Å². The molecule has 4 rings (SSSR count). The van der Waals surface area contributed by atoms with Crippen LogP contribution in [0.5, 0.6) is 0 Å². The Morgan fingerprint density at radius 3 is 2.31 bits per heavy atom. The van der Waals surface area contributed by atoms with Crippen LogP contribution in [0.1, 0.15) is 51.3 Å². The van der Waals surface area contributed by atoms with Gasteiger partial charge in [-0.1, -0.05) is 77.1 Å². The molecule has 134 valence electrons. The van der Waals surface area contributed by atoms with Crippen molar-refractivity contribution in [3.63, 3.8) is 0 Å². The Hall–Kier alpha value is -2.28. The van der Waals surface area contributed by atoms with Gasteiger partial charge >= 0.3 is 0 Å². The van der Waals surface area contributed by atoms with E-state index in [1.165, 1.54) is 38.8 Å². The van der Waals surface area contributed by atoms with Crippen molar-refractivity contribution in [2.24, 2.45) is 5.41 Å². The van der Waals surface area contributed by atoms with E-state index in [1.807, 2.05) is 0 Å². The topological polar surface area (TPSA) is 3.24 Å². The number of fused-ring (bicyclic) bond motifs is 4. The van der Waals surface area contributed by atoms with Gasteiger partial charge in [0.15, 0.2) is 0 Å². The van der Waals surface area contributed by atoms with E-state index in [0.717, 1.165) is 6.42 Å². The molecular formula is C25H29N. The van der Waals surface area contributed by atoms with Crippen LogP contribution in [0.15, 0.2) is 54.6 Å². The number of nitrogens with zero attached hydrogens (tertiary/aromatic N) is 1. The van der Waals surface area contributed by atoms with Crippen LogP contribution in [0.3, 0.4) is 0 Å². The molecule has 3 aromatic carbocycles. The molecule has 1 aliphatic heterocycles. The highest BCUT2D eigenvalue weighted by atomic mass is 15.1. The van der Waals surface area contributed by atoms with Gasteiger partial charge in [0.05, 0.1) is 0 Å². The number of rotatable bonds is 1. The lowest BCUT2D eigenvalue weighted by Gasteiger charge is -2.41. The van der Waals surface area contributed by atoms with Crippen LogP contribution in [-0.4, -0.2) is 7.05 Å². The zero-order chi connectivity index (χ0) is 18.7. The molecule has 0 bridgehead atoms. The van der Waals surface area contributed by atoms with Gasteiger partial charge in [-0.25, -0.2) is 0 Å². The molecule has 0 atom stereocenters. The molecule has 0 N–H and O–H groups in total. The van der Waals surface area contributed by atoms with Crippen LogP contribution >= 0.6 is 0 Å². The van der Waals surface area contributed by atoms with Crippen LogP contribution in [0, 0.1) is 5.41 Å². The Morgan fingerprint density at radius 2 is 1.58 bits per heavy atom. The van der Waals surface area contributed by atoms with Crippen molar-refractivity contribution in [3.8, 4) is 0 Å². The summed E-state index contributed by atoms with van der Waals surface area (Å²) in [6, 6.07) is 20.4. The lowest BCUT2D eigenvalue weighted by Crippen LogP contribution is -2.31. The number of hydrogen-bond donors (Lipinski definition) is 0. The lowest BCUT2D eigenvalue weighted by molar-refractivity contribution is 0.411. The molecule has 26 heavy (non-hydrogen) atoms. The molecule has 0 aromatic heterocycles. The summed E-state index contributed by atoms with van der Waals surface area (Å²) in [5.74, 6) is 0. The van der Waals surface area contributed by atoms with Crippen LogP contribution < -0.4 is 4.90 Å². The van der Waals surface area contributed by atoms with Gasteiger partial charge in [0.1, 0.15) is 0 Å². The molecular weight excluding hydrogens is 314 g/mol. The third-order valence-electron chi connectivity index (χ3n) is 5.72. The van der Waals surface area contributed by atoms with E-state index in [4.69, 9.17) is 0 Å². The maximum atomic E-state index is 2.45. The first-order valence-electron chi connectivity index (χ1n) is 9.58. The van der Waals surface area contributed by atoms with Gasteiger partial charge in [0.25, 0.3) is 0 Å². The highest BCUT2D eigenvalue weighted by molar-refractivity contribution is 5.95. The second-order valence-electron chi connectivity index (χ2n) is 9.45. The summed E-state index contributed by atoms with van der Waals surface area (Å²) < 4.78 is 0. The normalized spacial score (nSPS) is 15.7. The second-order valence-corrected chi connectivity index (χ2v) is 9.45. The zero-order valence-corrected chi connectivity index (χ0v) is 16.9. The monoisotopic (exact) mass is 343 g/mol. The van der Waals surface area contributed by atoms with E-state index in [-0.39, 0.29) is 5.41 Å². The number of benzene rings is 3. The third kappa shape index (κ3) is 2.61. The second kappa shape index (κ2) is 5.61. The molecule has 3 aromatic rings. The Labute approximate surface area is 157 Å². The van der Waals surface area contributed by atoms with E-state index in [9.17, 15) is 0 Å². The molecule has 1 aliphatic rings. The van der Waals surface area contributed by atoms with Crippen LogP contribution in [0.25, 0.3) is 10.8 Å². The fourth-order valence-corrected chi connectivity index (χ4v) is 4.56. The van der Waals surface area contributed by atoms with Gasteiger partial charge < -0.3 is 4.90 Å². The quantitative estimate of drug-likeness (QED) is 0.468. The highest BCUT2D eigenvalue weighted by Gasteiger charge is 2.36. The zero-order valence-electron chi connectivity index (χ0n) is 16.9. The molecule has 0 saturated heterocycles. The maximum absolute atomic E-state index is 2.45. The fraction of sp³-hybridized carbons (Fsp3) is 0.360. The minimum Gasteiger partial charge on any atom is -0.344 e.